The highest BCUT2D eigenvalue weighted by Crippen LogP contribution is 2.52. The van der Waals surface area contributed by atoms with Crippen LogP contribution in [0.15, 0.2) is 35.5 Å². The molecule has 2 atom stereocenters. The molecule has 2 bridgehead atoms. The molecule has 1 aliphatic heterocycles. The number of aromatic nitrogens is 3. The molecule has 0 spiro atoms. The smallest absolute Gasteiger partial charge is 0.233 e. The number of carbonyl (C=O) groups excluding carboxylic acids is 1. The fourth-order valence-electron chi connectivity index (χ4n) is 5.27. The molecule has 0 N–H and O–H groups in total. The molecule has 2 heterocycles. The summed E-state index contributed by atoms with van der Waals surface area (Å²) in [6, 6.07) is 10.5. The lowest BCUT2D eigenvalue weighted by atomic mass is 9.65. The van der Waals surface area contributed by atoms with Gasteiger partial charge in [0.05, 0.1) is 5.75 Å². The zero-order valence-corrected chi connectivity index (χ0v) is 17.4. The number of carbonyl (C=O) groups is 1. The molecule has 1 aromatic heterocycles. The molecule has 2 aliphatic rings. The van der Waals surface area contributed by atoms with Crippen LogP contribution in [-0.2, 0) is 4.79 Å². The van der Waals surface area contributed by atoms with Gasteiger partial charge in [-0.3, -0.25) is 9.36 Å². The monoisotopic (exact) mass is 384 g/mol. The molecule has 4 rings (SSSR count). The largest absolute Gasteiger partial charge is 0.338 e. The first-order valence-corrected chi connectivity index (χ1v) is 10.6. The summed E-state index contributed by atoms with van der Waals surface area (Å²) in [6.07, 6.45) is 3.46. The van der Waals surface area contributed by atoms with Crippen molar-refractivity contribution in [3.8, 4) is 5.69 Å². The van der Waals surface area contributed by atoms with Crippen LogP contribution >= 0.6 is 11.8 Å². The third-order valence-electron chi connectivity index (χ3n) is 5.87. The number of rotatable bonds is 4. The highest BCUT2D eigenvalue weighted by molar-refractivity contribution is 7.99. The van der Waals surface area contributed by atoms with Crippen molar-refractivity contribution in [1.82, 2.24) is 19.7 Å². The standard InChI is InChI=1S/C21H28N4OS/c1-15-22-23-19(25(15)16-8-6-5-7-9-16)27-12-18(26)24-14-21(4)11-17(24)10-20(2,3)13-21/h5-9,17H,10-14H2,1-4H3/t17-,21-/m1/s1. The van der Waals surface area contributed by atoms with E-state index in [1.807, 2.05) is 41.8 Å². The SMILES string of the molecule is Cc1nnc(SCC(=O)N2C[C@]3(C)C[C@H]2CC(C)(C)C3)n1-c1ccccc1. The van der Waals surface area contributed by atoms with E-state index < -0.39 is 0 Å². The van der Waals surface area contributed by atoms with Crippen molar-refractivity contribution in [2.24, 2.45) is 10.8 Å². The Kier molecular flexibility index (Phi) is 4.57. The molecule has 1 amide bonds. The van der Waals surface area contributed by atoms with Gasteiger partial charge in [0.15, 0.2) is 5.16 Å². The molecule has 6 heteroatoms. The normalized spacial score (nSPS) is 26.4. The zero-order chi connectivity index (χ0) is 19.2. The van der Waals surface area contributed by atoms with Crippen LogP contribution in [-0.4, -0.2) is 43.9 Å². The van der Waals surface area contributed by atoms with Crippen LogP contribution in [0.2, 0.25) is 0 Å². The highest BCUT2D eigenvalue weighted by atomic mass is 32.2. The molecule has 1 aromatic carbocycles. The summed E-state index contributed by atoms with van der Waals surface area (Å²) in [6.45, 7) is 9.86. The van der Waals surface area contributed by atoms with E-state index in [1.165, 1.54) is 18.2 Å². The molecule has 1 saturated carbocycles. The van der Waals surface area contributed by atoms with E-state index in [1.54, 1.807) is 0 Å². The number of nitrogens with zero attached hydrogens (tertiary/aromatic N) is 4. The number of likely N-dealkylation sites (tertiary alicyclic amines) is 1. The fourth-order valence-corrected chi connectivity index (χ4v) is 6.16. The number of benzene rings is 1. The predicted molar refractivity (Wildman–Crippen MR) is 108 cm³/mol. The minimum Gasteiger partial charge on any atom is -0.338 e. The Balaban J connectivity index is 1.47. The van der Waals surface area contributed by atoms with Gasteiger partial charge in [-0.05, 0) is 49.1 Å². The van der Waals surface area contributed by atoms with E-state index in [9.17, 15) is 4.79 Å². The first kappa shape index (κ1) is 18.5. The molecule has 1 aliphatic carbocycles. The molecule has 1 saturated heterocycles. The number of thioether (sulfide) groups is 1. The van der Waals surface area contributed by atoms with Crippen LogP contribution in [0, 0.1) is 17.8 Å². The van der Waals surface area contributed by atoms with Crippen molar-refractivity contribution in [3.63, 3.8) is 0 Å². The van der Waals surface area contributed by atoms with Gasteiger partial charge in [0.2, 0.25) is 5.91 Å². The van der Waals surface area contributed by atoms with Gasteiger partial charge in [-0.2, -0.15) is 0 Å². The van der Waals surface area contributed by atoms with Gasteiger partial charge in [-0.15, -0.1) is 10.2 Å². The minimum absolute atomic E-state index is 0.228. The third kappa shape index (κ3) is 3.64. The molecule has 27 heavy (non-hydrogen) atoms. The average molecular weight is 385 g/mol. The van der Waals surface area contributed by atoms with Crippen molar-refractivity contribution in [3.05, 3.63) is 36.2 Å². The summed E-state index contributed by atoms with van der Waals surface area (Å²) in [5, 5.41) is 9.30. The quantitative estimate of drug-likeness (QED) is 0.745. The summed E-state index contributed by atoms with van der Waals surface area (Å²) < 4.78 is 2.02. The van der Waals surface area contributed by atoms with Crippen LogP contribution in [0.5, 0.6) is 0 Å². The summed E-state index contributed by atoms with van der Waals surface area (Å²) >= 11 is 1.49. The van der Waals surface area contributed by atoms with Gasteiger partial charge in [0.1, 0.15) is 5.82 Å². The lowest BCUT2D eigenvalue weighted by Crippen LogP contribution is -2.38. The Morgan fingerprint density at radius 3 is 2.67 bits per heavy atom. The number of para-hydroxylation sites is 1. The number of fused-ring (bicyclic) bond motifs is 2. The second-order valence-electron chi connectivity index (χ2n) is 9.22. The van der Waals surface area contributed by atoms with Crippen molar-refractivity contribution < 1.29 is 4.79 Å². The summed E-state index contributed by atoms with van der Waals surface area (Å²) in [5.41, 5.74) is 1.62. The molecule has 2 fully saturated rings. The maximum atomic E-state index is 13.0. The number of aryl methyl sites for hydroxylation is 1. The average Bonchev–Trinajstić information content (AvgIpc) is 3.09. The Morgan fingerprint density at radius 1 is 1.19 bits per heavy atom. The number of hydrogen-bond donors (Lipinski definition) is 0. The van der Waals surface area contributed by atoms with E-state index in [0.29, 0.717) is 17.2 Å². The number of amides is 1. The van der Waals surface area contributed by atoms with Crippen LogP contribution in [0.25, 0.3) is 5.69 Å². The highest BCUT2D eigenvalue weighted by Gasteiger charge is 2.50. The maximum Gasteiger partial charge on any atom is 0.233 e. The van der Waals surface area contributed by atoms with Gasteiger partial charge in [-0.1, -0.05) is 50.7 Å². The molecule has 2 aromatic rings. The lowest BCUT2D eigenvalue weighted by molar-refractivity contribution is -0.129. The van der Waals surface area contributed by atoms with Crippen LogP contribution < -0.4 is 0 Å². The lowest BCUT2D eigenvalue weighted by Gasteiger charge is -2.39. The van der Waals surface area contributed by atoms with E-state index in [4.69, 9.17) is 0 Å². The molecule has 0 radical (unpaired) electrons. The first-order valence-electron chi connectivity index (χ1n) is 9.66. The Bertz CT molecular complexity index is 847. The minimum atomic E-state index is 0.228. The Labute approximate surface area is 165 Å². The van der Waals surface area contributed by atoms with E-state index >= 15 is 0 Å². The molecular weight excluding hydrogens is 356 g/mol. The molecular formula is C21H28N4OS. The molecule has 144 valence electrons. The van der Waals surface area contributed by atoms with Crippen LogP contribution in [0.4, 0.5) is 0 Å². The molecule has 5 nitrogen and oxygen atoms in total. The van der Waals surface area contributed by atoms with Gasteiger partial charge < -0.3 is 4.90 Å². The van der Waals surface area contributed by atoms with Gasteiger partial charge in [0, 0.05) is 18.3 Å². The fraction of sp³-hybridized carbons (Fsp3) is 0.571. The van der Waals surface area contributed by atoms with Crippen molar-refractivity contribution in [1.29, 1.82) is 0 Å². The van der Waals surface area contributed by atoms with Crippen molar-refractivity contribution >= 4 is 17.7 Å². The van der Waals surface area contributed by atoms with Gasteiger partial charge in [-0.25, -0.2) is 0 Å². The Hall–Kier alpha value is -1.82. The summed E-state index contributed by atoms with van der Waals surface area (Å²) in [5.74, 6) is 1.48. The number of hydrogen-bond acceptors (Lipinski definition) is 4. The van der Waals surface area contributed by atoms with E-state index in [0.717, 1.165) is 36.1 Å². The predicted octanol–water partition coefficient (Wildman–Crippen LogP) is 4.10. The summed E-state index contributed by atoms with van der Waals surface area (Å²) in [7, 11) is 0. The third-order valence-corrected chi connectivity index (χ3v) is 6.78. The van der Waals surface area contributed by atoms with E-state index in [2.05, 4.69) is 35.9 Å². The van der Waals surface area contributed by atoms with Crippen LogP contribution in [0.3, 0.4) is 0 Å². The first-order chi connectivity index (χ1) is 12.8. The second kappa shape index (κ2) is 6.66. The van der Waals surface area contributed by atoms with Crippen molar-refractivity contribution in [2.45, 2.75) is 58.2 Å². The van der Waals surface area contributed by atoms with Gasteiger partial charge >= 0.3 is 0 Å². The Morgan fingerprint density at radius 2 is 1.93 bits per heavy atom. The topological polar surface area (TPSA) is 51.0 Å². The maximum absolute atomic E-state index is 13.0. The zero-order valence-electron chi connectivity index (χ0n) is 16.6. The molecule has 0 unspecified atom stereocenters. The van der Waals surface area contributed by atoms with Gasteiger partial charge in [0.25, 0.3) is 0 Å². The van der Waals surface area contributed by atoms with Crippen molar-refractivity contribution in [2.75, 3.05) is 12.3 Å². The summed E-state index contributed by atoms with van der Waals surface area (Å²) in [4.78, 5) is 15.2. The van der Waals surface area contributed by atoms with E-state index in [-0.39, 0.29) is 11.3 Å². The second-order valence-corrected chi connectivity index (χ2v) is 10.2. The van der Waals surface area contributed by atoms with Crippen LogP contribution in [0.1, 0.15) is 45.9 Å².